The van der Waals surface area contributed by atoms with E-state index in [4.69, 9.17) is 0 Å². The SMILES string of the molecule is CCCNc1ncc(Br)cc1S(=O)(=O)NCCN(C)C. The number of sulfonamides is 1. The number of pyridine rings is 1. The average Bonchev–Trinajstić information content (AvgIpc) is 2.36. The van der Waals surface area contributed by atoms with Crippen LogP contribution in [0.15, 0.2) is 21.6 Å². The van der Waals surface area contributed by atoms with Crippen LogP contribution < -0.4 is 10.0 Å². The molecule has 0 saturated carbocycles. The van der Waals surface area contributed by atoms with Gasteiger partial charge >= 0.3 is 0 Å². The fraction of sp³-hybridized carbons (Fsp3) is 0.583. The second-order valence-corrected chi connectivity index (χ2v) is 7.28. The molecule has 0 spiro atoms. The summed E-state index contributed by atoms with van der Waals surface area (Å²) in [7, 11) is 0.213. The molecule has 1 heterocycles. The molecule has 0 radical (unpaired) electrons. The highest BCUT2D eigenvalue weighted by molar-refractivity contribution is 9.10. The van der Waals surface area contributed by atoms with Gasteiger partial charge in [0.25, 0.3) is 0 Å². The molecule has 0 amide bonds. The van der Waals surface area contributed by atoms with Gasteiger partial charge in [0.2, 0.25) is 10.0 Å². The van der Waals surface area contributed by atoms with Crippen LogP contribution >= 0.6 is 15.9 Å². The van der Waals surface area contributed by atoms with Crippen molar-refractivity contribution in [3.63, 3.8) is 0 Å². The molecule has 0 atom stereocenters. The Kier molecular flexibility index (Phi) is 6.87. The molecule has 0 aliphatic rings. The molecule has 114 valence electrons. The van der Waals surface area contributed by atoms with Gasteiger partial charge in [0.05, 0.1) is 0 Å². The predicted octanol–water partition coefficient (Wildman–Crippen LogP) is 1.51. The molecule has 0 saturated heterocycles. The van der Waals surface area contributed by atoms with Gasteiger partial charge in [-0.1, -0.05) is 6.92 Å². The Morgan fingerprint density at radius 3 is 2.65 bits per heavy atom. The highest BCUT2D eigenvalue weighted by atomic mass is 79.9. The number of aromatic nitrogens is 1. The van der Waals surface area contributed by atoms with Gasteiger partial charge in [0.1, 0.15) is 10.7 Å². The number of anilines is 1. The third-order valence-corrected chi connectivity index (χ3v) is 4.41. The van der Waals surface area contributed by atoms with Crippen molar-refractivity contribution < 1.29 is 8.42 Å². The third-order valence-electron chi connectivity index (χ3n) is 2.50. The molecular formula is C12H21BrN4O2S. The van der Waals surface area contributed by atoms with Crippen molar-refractivity contribution in [2.24, 2.45) is 0 Å². The fourth-order valence-electron chi connectivity index (χ4n) is 1.48. The van der Waals surface area contributed by atoms with E-state index in [1.165, 1.54) is 0 Å². The lowest BCUT2D eigenvalue weighted by atomic mass is 10.4. The van der Waals surface area contributed by atoms with E-state index in [-0.39, 0.29) is 4.90 Å². The van der Waals surface area contributed by atoms with Crippen LogP contribution in [0.3, 0.4) is 0 Å². The lowest BCUT2D eigenvalue weighted by Gasteiger charge is -2.14. The van der Waals surface area contributed by atoms with Crippen molar-refractivity contribution in [1.82, 2.24) is 14.6 Å². The van der Waals surface area contributed by atoms with Crippen LogP contribution in [0.4, 0.5) is 5.82 Å². The van der Waals surface area contributed by atoms with Gasteiger partial charge in [-0.15, -0.1) is 0 Å². The van der Waals surface area contributed by atoms with Crippen molar-refractivity contribution >= 4 is 31.8 Å². The number of rotatable bonds is 8. The first-order chi connectivity index (χ1) is 9.36. The normalized spacial score (nSPS) is 11.8. The average molecular weight is 365 g/mol. The van der Waals surface area contributed by atoms with Gasteiger partial charge in [-0.05, 0) is 42.5 Å². The van der Waals surface area contributed by atoms with Crippen molar-refractivity contribution in [3.8, 4) is 0 Å². The largest absolute Gasteiger partial charge is 0.369 e. The number of nitrogens with zero attached hydrogens (tertiary/aromatic N) is 2. The van der Waals surface area contributed by atoms with Gasteiger partial charge < -0.3 is 10.2 Å². The minimum absolute atomic E-state index is 0.166. The van der Waals surface area contributed by atoms with Crippen LogP contribution in [-0.4, -0.2) is 52.0 Å². The number of hydrogen-bond donors (Lipinski definition) is 2. The fourth-order valence-corrected chi connectivity index (χ4v) is 3.14. The molecule has 1 aromatic heterocycles. The summed E-state index contributed by atoms with van der Waals surface area (Å²) in [4.78, 5) is 6.22. The molecule has 0 bridgehead atoms. The van der Waals surface area contributed by atoms with E-state index in [1.807, 2.05) is 25.9 Å². The van der Waals surface area contributed by atoms with E-state index in [9.17, 15) is 8.42 Å². The quantitative estimate of drug-likeness (QED) is 0.731. The molecule has 0 aliphatic heterocycles. The first-order valence-electron chi connectivity index (χ1n) is 6.40. The molecule has 1 rings (SSSR count). The molecule has 0 aromatic carbocycles. The van der Waals surface area contributed by atoms with Gasteiger partial charge in [0.15, 0.2) is 0 Å². The third kappa shape index (κ3) is 5.35. The maximum Gasteiger partial charge on any atom is 0.244 e. The first kappa shape index (κ1) is 17.4. The van der Waals surface area contributed by atoms with E-state index >= 15 is 0 Å². The molecule has 6 nitrogen and oxygen atoms in total. The summed E-state index contributed by atoms with van der Waals surface area (Å²) >= 11 is 3.26. The molecule has 20 heavy (non-hydrogen) atoms. The lowest BCUT2D eigenvalue weighted by Crippen LogP contribution is -2.32. The van der Waals surface area contributed by atoms with Crippen LogP contribution in [-0.2, 0) is 10.0 Å². The zero-order valence-corrected chi connectivity index (χ0v) is 14.4. The molecule has 0 aliphatic carbocycles. The maximum atomic E-state index is 12.3. The van der Waals surface area contributed by atoms with Crippen LogP contribution in [0, 0.1) is 0 Å². The summed E-state index contributed by atoms with van der Waals surface area (Å²) in [5, 5.41) is 3.03. The Morgan fingerprint density at radius 2 is 2.05 bits per heavy atom. The van der Waals surface area contributed by atoms with Crippen LogP contribution in [0.5, 0.6) is 0 Å². The summed E-state index contributed by atoms with van der Waals surface area (Å²) in [5.41, 5.74) is 0. The zero-order valence-electron chi connectivity index (χ0n) is 12.0. The summed E-state index contributed by atoms with van der Waals surface area (Å²) in [6, 6.07) is 1.56. The minimum atomic E-state index is -3.57. The molecule has 0 unspecified atom stereocenters. The summed E-state index contributed by atoms with van der Waals surface area (Å²) in [6.07, 6.45) is 2.47. The zero-order chi connectivity index (χ0) is 15.2. The minimum Gasteiger partial charge on any atom is -0.369 e. The summed E-state index contributed by atoms with van der Waals surface area (Å²) in [5.74, 6) is 0.382. The second kappa shape index (κ2) is 7.92. The van der Waals surface area contributed by atoms with Crippen molar-refractivity contribution in [1.29, 1.82) is 0 Å². The van der Waals surface area contributed by atoms with Gasteiger partial charge in [0, 0.05) is 30.3 Å². The molecule has 0 fully saturated rings. The van der Waals surface area contributed by atoms with Crippen LogP contribution in [0.2, 0.25) is 0 Å². The monoisotopic (exact) mass is 364 g/mol. The Labute approximate surface area is 129 Å². The van der Waals surface area contributed by atoms with E-state index in [2.05, 4.69) is 31.0 Å². The summed E-state index contributed by atoms with van der Waals surface area (Å²) in [6.45, 7) is 3.68. The van der Waals surface area contributed by atoms with Crippen LogP contribution in [0.25, 0.3) is 0 Å². The predicted molar refractivity (Wildman–Crippen MR) is 84.5 cm³/mol. The smallest absolute Gasteiger partial charge is 0.244 e. The van der Waals surface area contributed by atoms with Crippen molar-refractivity contribution in [2.45, 2.75) is 18.2 Å². The second-order valence-electron chi connectivity index (χ2n) is 4.63. The van der Waals surface area contributed by atoms with E-state index in [0.717, 1.165) is 6.42 Å². The van der Waals surface area contributed by atoms with Crippen molar-refractivity contribution in [3.05, 3.63) is 16.7 Å². The standard InChI is InChI=1S/C12H21BrN4O2S/c1-4-5-14-12-11(8-10(13)9-15-12)20(18,19)16-6-7-17(2)3/h8-9,16H,4-7H2,1-3H3,(H,14,15). The van der Waals surface area contributed by atoms with Crippen molar-refractivity contribution in [2.75, 3.05) is 39.0 Å². The summed E-state index contributed by atoms with van der Waals surface area (Å²) < 4.78 is 27.9. The molecule has 1 aromatic rings. The highest BCUT2D eigenvalue weighted by Gasteiger charge is 2.19. The Balaban J connectivity index is 2.94. The molecule has 8 heteroatoms. The maximum absolute atomic E-state index is 12.3. The number of hydrogen-bond acceptors (Lipinski definition) is 5. The Hall–Kier alpha value is -0.700. The van der Waals surface area contributed by atoms with E-state index in [1.54, 1.807) is 12.3 Å². The Bertz CT molecular complexity index is 534. The highest BCUT2D eigenvalue weighted by Crippen LogP contribution is 2.22. The van der Waals surface area contributed by atoms with Gasteiger partial charge in [-0.25, -0.2) is 18.1 Å². The first-order valence-corrected chi connectivity index (χ1v) is 8.68. The number of nitrogens with one attached hydrogen (secondary N) is 2. The number of halogens is 1. The number of likely N-dealkylation sites (N-methyl/N-ethyl adjacent to an activating group) is 1. The molecule has 2 N–H and O–H groups in total. The van der Waals surface area contributed by atoms with Gasteiger partial charge in [-0.3, -0.25) is 0 Å². The van der Waals surface area contributed by atoms with Crippen LogP contribution in [0.1, 0.15) is 13.3 Å². The molecular weight excluding hydrogens is 344 g/mol. The lowest BCUT2D eigenvalue weighted by molar-refractivity contribution is 0.412. The van der Waals surface area contributed by atoms with E-state index in [0.29, 0.717) is 29.9 Å². The van der Waals surface area contributed by atoms with Gasteiger partial charge in [-0.2, -0.15) is 0 Å². The topological polar surface area (TPSA) is 74.3 Å². The van der Waals surface area contributed by atoms with E-state index < -0.39 is 10.0 Å². The Morgan fingerprint density at radius 1 is 1.35 bits per heavy atom.